The first-order valence-corrected chi connectivity index (χ1v) is 7.71. The van der Waals surface area contributed by atoms with Crippen LogP contribution in [0.15, 0.2) is 30.3 Å². The second-order valence-electron chi connectivity index (χ2n) is 6.26. The molecule has 0 spiro atoms. The molecule has 1 N–H and O–H groups in total. The van der Waals surface area contributed by atoms with E-state index < -0.39 is 5.60 Å². The van der Waals surface area contributed by atoms with E-state index >= 15 is 0 Å². The van der Waals surface area contributed by atoms with Crippen molar-refractivity contribution in [3.05, 3.63) is 41.7 Å². The zero-order chi connectivity index (χ0) is 16.0. The largest absolute Gasteiger partial charge is 0.389 e. The summed E-state index contributed by atoms with van der Waals surface area (Å²) < 4.78 is 1.84. The lowest BCUT2D eigenvalue weighted by molar-refractivity contribution is 0.0293. The topological polar surface area (TPSA) is 67.1 Å². The third kappa shape index (κ3) is 5.20. The number of nitrogens with zero attached hydrogens (tertiary/aromatic N) is 5. The number of aromatic nitrogens is 4. The molecular weight excluding hydrogens is 278 g/mol. The first-order chi connectivity index (χ1) is 10.5. The van der Waals surface area contributed by atoms with Gasteiger partial charge >= 0.3 is 0 Å². The van der Waals surface area contributed by atoms with E-state index in [1.807, 2.05) is 36.7 Å². The molecule has 0 radical (unpaired) electrons. The third-order valence-electron chi connectivity index (χ3n) is 3.27. The zero-order valence-corrected chi connectivity index (χ0v) is 13.6. The number of benzene rings is 1. The van der Waals surface area contributed by atoms with Gasteiger partial charge in [0.05, 0.1) is 12.1 Å². The average Bonchev–Trinajstić information content (AvgIpc) is 2.86. The summed E-state index contributed by atoms with van der Waals surface area (Å²) in [5, 5.41) is 22.1. The van der Waals surface area contributed by atoms with Crippen LogP contribution in [0, 0.1) is 0 Å². The summed E-state index contributed by atoms with van der Waals surface area (Å²) in [6.07, 6.45) is 0.988. The second-order valence-corrected chi connectivity index (χ2v) is 6.26. The van der Waals surface area contributed by atoms with Gasteiger partial charge in [-0.2, -0.15) is 0 Å². The molecule has 1 heterocycles. The maximum Gasteiger partial charge on any atom is 0.165 e. The molecule has 0 amide bonds. The molecule has 0 aliphatic heterocycles. The number of rotatable bonds is 8. The first-order valence-electron chi connectivity index (χ1n) is 7.71. The van der Waals surface area contributed by atoms with Gasteiger partial charge in [-0.05, 0) is 36.3 Å². The summed E-state index contributed by atoms with van der Waals surface area (Å²) >= 11 is 0. The molecular formula is C16H25N5O. The van der Waals surface area contributed by atoms with Crippen LogP contribution in [-0.4, -0.2) is 42.4 Å². The van der Waals surface area contributed by atoms with Crippen molar-refractivity contribution in [2.75, 3.05) is 6.54 Å². The van der Waals surface area contributed by atoms with Crippen LogP contribution in [0.1, 0.15) is 38.6 Å². The van der Waals surface area contributed by atoms with Crippen molar-refractivity contribution in [2.45, 2.75) is 52.4 Å². The molecule has 0 saturated heterocycles. The summed E-state index contributed by atoms with van der Waals surface area (Å²) in [6, 6.07) is 10.2. The van der Waals surface area contributed by atoms with Gasteiger partial charge in [-0.25, -0.2) is 4.68 Å². The lowest BCUT2D eigenvalue weighted by Crippen LogP contribution is -2.38. The molecule has 0 fully saturated rings. The van der Waals surface area contributed by atoms with E-state index in [0.29, 0.717) is 13.1 Å². The number of aliphatic hydroxyl groups is 1. The standard InChI is InChI=1S/C16H25N5O/c1-4-10-21-15(17-18-19-21)12-20(13-16(2,3)22)11-14-8-6-5-7-9-14/h5-9,22H,4,10-13H2,1-3H3. The van der Waals surface area contributed by atoms with Crippen LogP contribution in [0.3, 0.4) is 0 Å². The minimum atomic E-state index is -0.766. The highest BCUT2D eigenvalue weighted by molar-refractivity contribution is 5.14. The Morgan fingerprint density at radius 2 is 1.91 bits per heavy atom. The van der Waals surface area contributed by atoms with Gasteiger partial charge in [-0.15, -0.1) is 5.10 Å². The van der Waals surface area contributed by atoms with E-state index in [0.717, 1.165) is 25.3 Å². The Kier molecular flexibility index (Phi) is 5.63. The van der Waals surface area contributed by atoms with Crippen molar-refractivity contribution in [3.8, 4) is 0 Å². The van der Waals surface area contributed by atoms with Gasteiger partial charge in [0.1, 0.15) is 0 Å². The molecule has 6 nitrogen and oxygen atoms in total. The minimum absolute atomic E-state index is 0.556. The van der Waals surface area contributed by atoms with Gasteiger partial charge in [-0.3, -0.25) is 4.90 Å². The van der Waals surface area contributed by atoms with Crippen molar-refractivity contribution >= 4 is 0 Å². The lowest BCUT2D eigenvalue weighted by atomic mass is 10.1. The number of hydrogen-bond donors (Lipinski definition) is 1. The van der Waals surface area contributed by atoms with Crippen molar-refractivity contribution in [1.82, 2.24) is 25.1 Å². The molecule has 6 heteroatoms. The highest BCUT2D eigenvalue weighted by Gasteiger charge is 2.20. The molecule has 2 rings (SSSR count). The van der Waals surface area contributed by atoms with E-state index in [9.17, 15) is 5.11 Å². The fourth-order valence-electron chi connectivity index (χ4n) is 2.48. The quantitative estimate of drug-likeness (QED) is 0.806. The smallest absolute Gasteiger partial charge is 0.165 e. The summed E-state index contributed by atoms with van der Waals surface area (Å²) in [6.45, 7) is 8.48. The molecule has 0 bridgehead atoms. The van der Waals surface area contributed by atoms with Gasteiger partial charge in [0.2, 0.25) is 0 Å². The molecule has 0 saturated carbocycles. The Hall–Kier alpha value is -1.79. The van der Waals surface area contributed by atoms with Crippen molar-refractivity contribution < 1.29 is 5.11 Å². The van der Waals surface area contributed by atoms with Crippen LogP contribution < -0.4 is 0 Å². The van der Waals surface area contributed by atoms with Gasteiger partial charge in [0, 0.05) is 19.6 Å². The van der Waals surface area contributed by atoms with Crippen LogP contribution in [0.4, 0.5) is 0 Å². The second kappa shape index (κ2) is 7.47. The number of aryl methyl sites for hydroxylation is 1. The molecule has 0 aliphatic rings. The number of hydrogen-bond acceptors (Lipinski definition) is 5. The third-order valence-corrected chi connectivity index (χ3v) is 3.27. The fourth-order valence-corrected chi connectivity index (χ4v) is 2.48. The van der Waals surface area contributed by atoms with E-state index in [1.54, 1.807) is 0 Å². The van der Waals surface area contributed by atoms with E-state index in [1.165, 1.54) is 5.56 Å². The van der Waals surface area contributed by atoms with E-state index in [4.69, 9.17) is 0 Å². The Morgan fingerprint density at radius 3 is 2.55 bits per heavy atom. The summed E-state index contributed by atoms with van der Waals surface area (Å²) in [5.41, 5.74) is 0.443. The predicted octanol–water partition coefficient (Wildman–Crippen LogP) is 1.86. The van der Waals surface area contributed by atoms with Crippen LogP contribution in [-0.2, 0) is 19.6 Å². The van der Waals surface area contributed by atoms with Crippen LogP contribution in [0.5, 0.6) is 0 Å². The Balaban J connectivity index is 2.12. The number of tetrazole rings is 1. The lowest BCUT2D eigenvalue weighted by Gasteiger charge is -2.28. The SMILES string of the molecule is CCCn1nnnc1CN(Cc1ccccc1)CC(C)(C)O. The van der Waals surface area contributed by atoms with Gasteiger partial charge in [0.15, 0.2) is 5.82 Å². The molecule has 0 aliphatic carbocycles. The van der Waals surface area contributed by atoms with E-state index in [2.05, 4.69) is 39.5 Å². The summed E-state index contributed by atoms with van der Waals surface area (Å²) in [5.74, 6) is 0.835. The average molecular weight is 303 g/mol. The zero-order valence-electron chi connectivity index (χ0n) is 13.6. The monoisotopic (exact) mass is 303 g/mol. The predicted molar refractivity (Wildman–Crippen MR) is 85.0 cm³/mol. The molecule has 1 aromatic heterocycles. The van der Waals surface area contributed by atoms with Crippen molar-refractivity contribution in [2.24, 2.45) is 0 Å². The van der Waals surface area contributed by atoms with Gasteiger partial charge in [-0.1, -0.05) is 37.3 Å². The van der Waals surface area contributed by atoms with Crippen LogP contribution >= 0.6 is 0 Å². The molecule has 2 aromatic rings. The van der Waals surface area contributed by atoms with Crippen LogP contribution in [0.25, 0.3) is 0 Å². The molecule has 0 atom stereocenters. The highest BCUT2D eigenvalue weighted by atomic mass is 16.3. The fraction of sp³-hybridized carbons (Fsp3) is 0.562. The van der Waals surface area contributed by atoms with Gasteiger partial charge in [0.25, 0.3) is 0 Å². The minimum Gasteiger partial charge on any atom is -0.389 e. The Labute approximate surface area is 131 Å². The molecule has 0 unspecified atom stereocenters. The summed E-state index contributed by atoms with van der Waals surface area (Å²) in [7, 11) is 0. The normalized spacial score (nSPS) is 12.0. The molecule has 1 aromatic carbocycles. The Bertz CT molecular complexity index is 561. The van der Waals surface area contributed by atoms with Crippen LogP contribution in [0.2, 0.25) is 0 Å². The first kappa shape index (κ1) is 16.6. The maximum atomic E-state index is 10.2. The van der Waals surface area contributed by atoms with Gasteiger partial charge < -0.3 is 5.11 Å². The van der Waals surface area contributed by atoms with E-state index in [-0.39, 0.29) is 0 Å². The highest BCUT2D eigenvalue weighted by Crippen LogP contribution is 2.13. The van der Waals surface area contributed by atoms with Crippen molar-refractivity contribution in [1.29, 1.82) is 0 Å². The molecule has 120 valence electrons. The summed E-state index contributed by atoms with van der Waals surface area (Å²) in [4.78, 5) is 2.17. The Morgan fingerprint density at radius 1 is 1.18 bits per heavy atom. The molecule has 22 heavy (non-hydrogen) atoms. The maximum absolute atomic E-state index is 10.2. The van der Waals surface area contributed by atoms with Crippen molar-refractivity contribution in [3.63, 3.8) is 0 Å².